The number of hydrogen-bond acceptors (Lipinski definition) is 3. The van der Waals surface area contributed by atoms with Crippen LogP contribution in [0.1, 0.15) is 51.3 Å². The van der Waals surface area contributed by atoms with Crippen molar-refractivity contribution >= 4 is 5.82 Å². The monoisotopic (exact) mass is 287 g/mol. The maximum Gasteiger partial charge on any atom is 0.129 e. The van der Waals surface area contributed by atoms with E-state index in [0.717, 1.165) is 51.1 Å². The number of aromatic nitrogens is 1. The van der Waals surface area contributed by atoms with Crippen LogP contribution in [0.2, 0.25) is 0 Å². The fraction of sp³-hybridized carbons (Fsp3) is 0.611. The molecule has 1 aromatic rings. The second-order valence-electron chi connectivity index (χ2n) is 5.38. The zero-order valence-electron chi connectivity index (χ0n) is 13.8. The molecule has 0 aliphatic rings. The largest absolute Gasteiger partial charge is 0.345 e. The van der Waals surface area contributed by atoms with Gasteiger partial charge in [0.15, 0.2) is 0 Å². The van der Waals surface area contributed by atoms with Crippen molar-refractivity contribution in [1.29, 1.82) is 0 Å². The summed E-state index contributed by atoms with van der Waals surface area (Å²) < 4.78 is 0. The number of rotatable bonds is 10. The SMILES string of the molecule is C#CCN(CCC)c1cc(CNCCC)cc(CCC)n1. The van der Waals surface area contributed by atoms with Gasteiger partial charge in [-0.15, -0.1) is 6.42 Å². The molecule has 1 rings (SSSR count). The van der Waals surface area contributed by atoms with Crippen LogP contribution in [0, 0.1) is 12.3 Å². The number of nitrogens with zero attached hydrogens (tertiary/aromatic N) is 2. The highest BCUT2D eigenvalue weighted by Crippen LogP contribution is 2.17. The number of hydrogen-bond donors (Lipinski definition) is 1. The molecule has 0 atom stereocenters. The van der Waals surface area contributed by atoms with Crippen LogP contribution in [0.15, 0.2) is 12.1 Å². The van der Waals surface area contributed by atoms with Crippen LogP contribution >= 0.6 is 0 Å². The third-order valence-corrected chi connectivity index (χ3v) is 3.29. The lowest BCUT2D eigenvalue weighted by atomic mass is 10.1. The fourth-order valence-corrected chi connectivity index (χ4v) is 2.35. The van der Waals surface area contributed by atoms with Crippen molar-refractivity contribution < 1.29 is 0 Å². The molecule has 0 saturated heterocycles. The van der Waals surface area contributed by atoms with E-state index >= 15 is 0 Å². The average Bonchev–Trinajstić information content (AvgIpc) is 2.47. The smallest absolute Gasteiger partial charge is 0.129 e. The van der Waals surface area contributed by atoms with Gasteiger partial charge in [0.2, 0.25) is 0 Å². The summed E-state index contributed by atoms with van der Waals surface area (Å²) in [5.41, 5.74) is 2.47. The minimum atomic E-state index is 0.623. The first-order valence-electron chi connectivity index (χ1n) is 8.14. The maximum absolute atomic E-state index is 5.50. The van der Waals surface area contributed by atoms with Crippen LogP contribution in [0.3, 0.4) is 0 Å². The highest BCUT2D eigenvalue weighted by molar-refractivity contribution is 5.44. The molecule has 0 amide bonds. The molecule has 1 aromatic heterocycles. The molecule has 3 heteroatoms. The first-order chi connectivity index (χ1) is 10.2. The Morgan fingerprint density at radius 1 is 1.19 bits per heavy atom. The molecule has 1 N–H and O–H groups in total. The van der Waals surface area contributed by atoms with Crippen LogP contribution in [0.25, 0.3) is 0 Å². The summed E-state index contributed by atoms with van der Waals surface area (Å²) in [6, 6.07) is 4.39. The van der Waals surface area contributed by atoms with Gasteiger partial charge in [-0.25, -0.2) is 4.98 Å². The Labute approximate surface area is 130 Å². The Morgan fingerprint density at radius 2 is 2.00 bits per heavy atom. The summed E-state index contributed by atoms with van der Waals surface area (Å²) in [6.45, 7) is 10.1. The van der Waals surface area contributed by atoms with Crippen LogP contribution in [-0.4, -0.2) is 24.6 Å². The van der Waals surface area contributed by atoms with Gasteiger partial charge in [0.25, 0.3) is 0 Å². The van der Waals surface area contributed by atoms with E-state index in [4.69, 9.17) is 11.4 Å². The van der Waals surface area contributed by atoms with Crippen molar-refractivity contribution in [3.63, 3.8) is 0 Å². The molecule has 0 fully saturated rings. The molecule has 0 bridgehead atoms. The van der Waals surface area contributed by atoms with E-state index in [1.54, 1.807) is 0 Å². The predicted molar refractivity (Wildman–Crippen MR) is 91.6 cm³/mol. The van der Waals surface area contributed by atoms with Crippen molar-refractivity contribution in [2.45, 2.75) is 53.0 Å². The summed E-state index contributed by atoms with van der Waals surface area (Å²) in [7, 11) is 0. The van der Waals surface area contributed by atoms with E-state index < -0.39 is 0 Å². The molecule has 0 saturated carbocycles. The third kappa shape index (κ3) is 6.18. The Hall–Kier alpha value is -1.53. The normalized spacial score (nSPS) is 10.4. The molecule has 1 heterocycles. The zero-order valence-corrected chi connectivity index (χ0v) is 13.8. The summed E-state index contributed by atoms with van der Waals surface area (Å²) in [6.07, 6.45) is 9.85. The predicted octanol–water partition coefficient (Wildman–Crippen LogP) is 3.38. The highest BCUT2D eigenvalue weighted by Gasteiger charge is 2.09. The summed E-state index contributed by atoms with van der Waals surface area (Å²) >= 11 is 0. The molecular weight excluding hydrogens is 258 g/mol. The molecular formula is C18H29N3. The lowest BCUT2D eigenvalue weighted by molar-refractivity contribution is 0.672. The standard InChI is InChI=1S/C18H29N3/c1-5-9-17-13-16(15-19-10-6-2)14-18(20-17)21(11-7-3)12-8-4/h3,13-14,19H,5-6,8-12,15H2,1-2,4H3. The Balaban J connectivity index is 2.96. The third-order valence-electron chi connectivity index (χ3n) is 3.29. The van der Waals surface area contributed by atoms with E-state index in [-0.39, 0.29) is 0 Å². The van der Waals surface area contributed by atoms with Crippen LogP contribution in [-0.2, 0) is 13.0 Å². The van der Waals surface area contributed by atoms with Crippen molar-refractivity contribution in [3.8, 4) is 12.3 Å². The Morgan fingerprint density at radius 3 is 2.62 bits per heavy atom. The molecule has 0 spiro atoms. The van der Waals surface area contributed by atoms with Crippen LogP contribution in [0.5, 0.6) is 0 Å². The molecule has 0 radical (unpaired) electrons. The molecule has 0 unspecified atom stereocenters. The van der Waals surface area contributed by atoms with Gasteiger partial charge in [0.05, 0.1) is 6.54 Å². The van der Waals surface area contributed by atoms with Crippen molar-refractivity contribution in [2.24, 2.45) is 0 Å². The first kappa shape index (κ1) is 17.5. The Kier molecular flexibility index (Phi) is 8.54. The van der Waals surface area contributed by atoms with E-state index in [0.29, 0.717) is 6.54 Å². The zero-order chi connectivity index (χ0) is 15.5. The number of nitrogens with one attached hydrogen (secondary N) is 1. The van der Waals surface area contributed by atoms with E-state index in [9.17, 15) is 0 Å². The van der Waals surface area contributed by atoms with Gasteiger partial charge in [-0.1, -0.05) is 33.1 Å². The van der Waals surface area contributed by atoms with Gasteiger partial charge in [-0.3, -0.25) is 0 Å². The van der Waals surface area contributed by atoms with E-state index in [2.05, 4.69) is 49.0 Å². The van der Waals surface area contributed by atoms with Crippen LogP contribution in [0.4, 0.5) is 5.82 Å². The number of terminal acetylenes is 1. The second-order valence-corrected chi connectivity index (χ2v) is 5.38. The lowest BCUT2D eigenvalue weighted by Crippen LogP contribution is -2.26. The topological polar surface area (TPSA) is 28.2 Å². The lowest BCUT2D eigenvalue weighted by Gasteiger charge is -2.22. The van der Waals surface area contributed by atoms with Crippen molar-refractivity contribution in [2.75, 3.05) is 24.5 Å². The minimum absolute atomic E-state index is 0.623. The highest BCUT2D eigenvalue weighted by atomic mass is 15.2. The maximum atomic E-state index is 5.50. The number of anilines is 1. The van der Waals surface area contributed by atoms with Gasteiger partial charge >= 0.3 is 0 Å². The molecule has 21 heavy (non-hydrogen) atoms. The minimum Gasteiger partial charge on any atom is -0.345 e. The number of pyridine rings is 1. The second kappa shape index (κ2) is 10.2. The fourth-order valence-electron chi connectivity index (χ4n) is 2.35. The van der Waals surface area contributed by atoms with Crippen molar-refractivity contribution in [1.82, 2.24) is 10.3 Å². The average molecular weight is 287 g/mol. The van der Waals surface area contributed by atoms with Gasteiger partial charge < -0.3 is 10.2 Å². The molecule has 0 aliphatic carbocycles. The number of aryl methyl sites for hydroxylation is 1. The molecule has 116 valence electrons. The quantitative estimate of drug-likeness (QED) is 0.528. The summed E-state index contributed by atoms with van der Waals surface area (Å²) in [4.78, 5) is 6.99. The molecule has 3 nitrogen and oxygen atoms in total. The molecule has 0 aliphatic heterocycles. The summed E-state index contributed by atoms with van der Waals surface area (Å²) in [5, 5.41) is 3.46. The summed E-state index contributed by atoms with van der Waals surface area (Å²) in [5.74, 6) is 3.77. The van der Waals surface area contributed by atoms with Gasteiger partial charge in [-0.2, -0.15) is 0 Å². The first-order valence-corrected chi connectivity index (χ1v) is 8.14. The van der Waals surface area contributed by atoms with Crippen molar-refractivity contribution in [3.05, 3.63) is 23.4 Å². The van der Waals surface area contributed by atoms with E-state index in [1.165, 1.54) is 11.3 Å². The molecule has 0 aromatic carbocycles. The van der Waals surface area contributed by atoms with Gasteiger partial charge in [0, 0.05) is 18.8 Å². The Bertz CT molecular complexity index is 448. The van der Waals surface area contributed by atoms with Crippen LogP contribution < -0.4 is 10.2 Å². The van der Waals surface area contributed by atoms with E-state index in [1.807, 2.05) is 0 Å². The van der Waals surface area contributed by atoms with Gasteiger partial charge in [-0.05, 0) is 43.5 Å². The van der Waals surface area contributed by atoms with Gasteiger partial charge in [0.1, 0.15) is 5.82 Å².